The molecule has 0 saturated carbocycles. The predicted octanol–water partition coefficient (Wildman–Crippen LogP) is 1.58. The van der Waals surface area contributed by atoms with Gasteiger partial charge in [-0.3, -0.25) is 0 Å². The first-order valence-corrected chi connectivity index (χ1v) is 5.10. The van der Waals surface area contributed by atoms with Gasteiger partial charge in [-0.2, -0.15) is 0 Å². The third kappa shape index (κ3) is 3.05. The summed E-state index contributed by atoms with van der Waals surface area (Å²) in [6, 6.07) is 0. The van der Waals surface area contributed by atoms with Crippen molar-refractivity contribution in [2.45, 2.75) is 13.3 Å². The van der Waals surface area contributed by atoms with Gasteiger partial charge in [0.2, 0.25) is 0 Å². The van der Waals surface area contributed by atoms with Gasteiger partial charge in [0.25, 0.3) is 0 Å². The Hall–Kier alpha value is -1.91. The van der Waals surface area contributed by atoms with Crippen molar-refractivity contribution in [2.24, 2.45) is 0 Å². The van der Waals surface area contributed by atoms with Gasteiger partial charge in [0.15, 0.2) is 5.69 Å². The number of aromatic carboxylic acids is 1. The standard InChI is InChI=1S/C11H15N3O2/c1-3-5-14(6-4-2)10-8-12-9(7-13-10)11(15)16/h3,7-8H,1,4-6H2,2H3,(H,15,16). The van der Waals surface area contributed by atoms with Crippen molar-refractivity contribution in [1.29, 1.82) is 0 Å². The third-order valence-electron chi connectivity index (χ3n) is 2.02. The molecule has 0 saturated heterocycles. The van der Waals surface area contributed by atoms with Crippen molar-refractivity contribution in [1.82, 2.24) is 9.97 Å². The topological polar surface area (TPSA) is 66.3 Å². The molecule has 86 valence electrons. The monoisotopic (exact) mass is 221 g/mol. The molecule has 5 nitrogen and oxygen atoms in total. The fourth-order valence-electron chi connectivity index (χ4n) is 1.32. The van der Waals surface area contributed by atoms with Gasteiger partial charge in [-0.1, -0.05) is 13.0 Å². The first-order valence-electron chi connectivity index (χ1n) is 5.10. The van der Waals surface area contributed by atoms with Gasteiger partial charge >= 0.3 is 5.97 Å². The van der Waals surface area contributed by atoms with Gasteiger partial charge in [-0.25, -0.2) is 14.8 Å². The van der Waals surface area contributed by atoms with Crippen molar-refractivity contribution in [3.63, 3.8) is 0 Å². The molecule has 16 heavy (non-hydrogen) atoms. The number of nitrogens with zero attached hydrogens (tertiary/aromatic N) is 3. The number of hydrogen-bond acceptors (Lipinski definition) is 4. The van der Waals surface area contributed by atoms with Crippen LogP contribution in [-0.2, 0) is 0 Å². The predicted molar refractivity (Wildman–Crippen MR) is 61.7 cm³/mol. The molecule has 1 rings (SSSR count). The van der Waals surface area contributed by atoms with Crippen LogP contribution in [0.4, 0.5) is 5.82 Å². The van der Waals surface area contributed by atoms with Crippen LogP contribution in [0.3, 0.4) is 0 Å². The molecule has 1 aromatic rings. The minimum atomic E-state index is -1.06. The van der Waals surface area contributed by atoms with E-state index in [2.05, 4.69) is 23.5 Å². The van der Waals surface area contributed by atoms with Crippen LogP contribution in [0.5, 0.6) is 0 Å². The summed E-state index contributed by atoms with van der Waals surface area (Å²) in [4.78, 5) is 20.5. The fraction of sp³-hybridized carbons (Fsp3) is 0.364. The van der Waals surface area contributed by atoms with Crippen LogP contribution >= 0.6 is 0 Å². The first-order chi connectivity index (χ1) is 7.69. The number of carboxylic acids is 1. The van der Waals surface area contributed by atoms with Gasteiger partial charge in [0, 0.05) is 13.1 Å². The second-order valence-electron chi connectivity index (χ2n) is 3.30. The van der Waals surface area contributed by atoms with Crippen molar-refractivity contribution in [3.8, 4) is 0 Å². The molecule has 0 aliphatic heterocycles. The lowest BCUT2D eigenvalue weighted by Crippen LogP contribution is -2.25. The maximum absolute atomic E-state index is 10.6. The Labute approximate surface area is 94.5 Å². The molecular weight excluding hydrogens is 206 g/mol. The van der Waals surface area contributed by atoms with Crippen LogP contribution in [0.15, 0.2) is 25.0 Å². The van der Waals surface area contributed by atoms with E-state index >= 15 is 0 Å². The molecule has 0 atom stereocenters. The molecular formula is C11H15N3O2. The first kappa shape index (κ1) is 12.2. The molecule has 0 spiro atoms. The molecule has 0 bridgehead atoms. The quantitative estimate of drug-likeness (QED) is 0.739. The molecule has 1 aromatic heterocycles. The summed E-state index contributed by atoms with van der Waals surface area (Å²) in [5.41, 5.74) is -0.0428. The van der Waals surface area contributed by atoms with Crippen LogP contribution in [0.2, 0.25) is 0 Å². The molecule has 0 aliphatic rings. The minimum Gasteiger partial charge on any atom is -0.476 e. The van der Waals surface area contributed by atoms with E-state index in [1.165, 1.54) is 12.4 Å². The lowest BCUT2D eigenvalue weighted by atomic mass is 10.4. The number of carboxylic acid groups (broad SMARTS) is 1. The van der Waals surface area contributed by atoms with Gasteiger partial charge in [-0.15, -0.1) is 6.58 Å². The highest BCUT2D eigenvalue weighted by Crippen LogP contribution is 2.09. The molecule has 0 radical (unpaired) electrons. The summed E-state index contributed by atoms with van der Waals surface area (Å²) in [6.07, 6.45) is 5.50. The summed E-state index contributed by atoms with van der Waals surface area (Å²) < 4.78 is 0. The molecule has 0 aromatic carbocycles. The second-order valence-corrected chi connectivity index (χ2v) is 3.30. The number of carbonyl (C=O) groups is 1. The maximum atomic E-state index is 10.6. The minimum absolute atomic E-state index is 0.0428. The lowest BCUT2D eigenvalue weighted by molar-refractivity contribution is 0.0690. The highest BCUT2D eigenvalue weighted by Gasteiger charge is 2.08. The Kier molecular flexibility index (Phi) is 4.44. The van der Waals surface area contributed by atoms with Crippen LogP contribution in [0.1, 0.15) is 23.8 Å². The molecule has 1 heterocycles. The summed E-state index contributed by atoms with van der Waals surface area (Å²) in [5.74, 6) is -0.392. The number of hydrogen-bond donors (Lipinski definition) is 1. The number of anilines is 1. The van der Waals surface area contributed by atoms with Crippen LogP contribution in [-0.4, -0.2) is 34.1 Å². The molecule has 0 aliphatic carbocycles. The smallest absolute Gasteiger partial charge is 0.356 e. The van der Waals surface area contributed by atoms with Crippen LogP contribution in [0.25, 0.3) is 0 Å². The van der Waals surface area contributed by atoms with E-state index in [9.17, 15) is 4.79 Å². The van der Waals surface area contributed by atoms with E-state index in [1.54, 1.807) is 6.08 Å². The average molecular weight is 221 g/mol. The maximum Gasteiger partial charge on any atom is 0.356 e. The van der Waals surface area contributed by atoms with Crippen LogP contribution < -0.4 is 4.90 Å². The zero-order chi connectivity index (χ0) is 12.0. The van der Waals surface area contributed by atoms with Gasteiger partial charge in [0.05, 0.1) is 12.4 Å². The fourth-order valence-corrected chi connectivity index (χ4v) is 1.32. The number of rotatable bonds is 6. The average Bonchev–Trinajstić information content (AvgIpc) is 2.29. The van der Waals surface area contributed by atoms with Crippen molar-refractivity contribution >= 4 is 11.8 Å². The second kappa shape index (κ2) is 5.85. The third-order valence-corrected chi connectivity index (χ3v) is 2.02. The largest absolute Gasteiger partial charge is 0.476 e. The summed E-state index contributed by atoms with van der Waals surface area (Å²) in [7, 11) is 0. The highest BCUT2D eigenvalue weighted by molar-refractivity contribution is 5.84. The van der Waals surface area contributed by atoms with Crippen molar-refractivity contribution in [2.75, 3.05) is 18.0 Å². The van der Waals surface area contributed by atoms with Gasteiger partial charge < -0.3 is 10.0 Å². The van der Waals surface area contributed by atoms with E-state index in [1.807, 2.05) is 4.90 Å². The molecule has 0 unspecified atom stereocenters. The summed E-state index contributed by atoms with van der Waals surface area (Å²) >= 11 is 0. The van der Waals surface area contributed by atoms with E-state index < -0.39 is 5.97 Å². The van der Waals surface area contributed by atoms with Gasteiger partial charge in [-0.05, 0) is 6.42 Å². The molecule has 5 heteroatoms. The van der Waals surface area contributed by atoms with E-state index in [0.29, 0.717) is 12.4 Å². The lowest BCUT2D eigenvalue weighted by Gasteiger charge is -2.20. The Balaban J connectivity index is 2.84. The zero-order valence-electron chi connectivity index (χ0n) is 9.26. The Morgan fingerprint density at radius 3 is 2.75 bits per heavy atom. The zero-order valence-corrected chi connectivity index (χ0v) is 9.26. The Bertz CT molecular complexity index is 362. The highest BCUT2D eigenvalue weighted by atomic mass is 16.4. The Morgan fingerprint density at radius 2 is 2.31 bits per heavy atom. The normalized spacial score (nSPS) is 9.81. The summed E-state index contributed by atoms with van der Waals surface area (Å²) in [5, 5.41) is 8.69. The van der Waals surface area contributed by atoms with Crippen molar-refractivity contribution < 1.29 is 9.90 Å². The van der Waals surface area contributed by atoms with E-state index in [4.69, 9.17) is 5.11 Å². The SMILES string of the molecule is C=CCN(CCC)c1cnc(C(=O)O)cn1. The van der Waals surface area contributed by atoms with Crippen LogP contribution in [0, 0.1) is 0 Å². The molecule has 0 fully saturated rings. The Morgan fingerprint density at radius 1 is 1.56 bits per heavy atom. The molecule has 1 N–H and O–H groups in total. The summed E-state index contributed by atoms with van der Waals surface area (Å²) in [6.45, 7) is 7.25. The van der Waals surface area contributed by atoms with E-state index in [0.717, 1.165) is 13.0 Å². The van der Waals surface area contributed by atoms with Gasteiger partial charge in [0.1, 0.15) is 5.82 Å². The van der Waals surface area contributed by atoms with E-state index in [-0.39, 0.29) is 5.69 Å². The van der Waals surface area contributed by atoms with Crippen molar-refractivity contribution in [3.05, 3.63) is 30.7 Å². The molecule has 0 amide bonds. The number of aromatic nitrogens is 2.